The molecule has 0 bridgehead atoms. The molecule has 0 heterocycles. The first kappa shape index (κ1) is 21.1. The minimum absolute atomic E-state index is 0.119. The van der Waals surface area contributed by atoms with Crippen molar-refractivity contribution >= 4 is 18.0 Å². The minimum Gasteiger partial charge on any atom is -0.453 e. The molecule has 0 aliphatic carbocycles. The summed E-state index contributed by atoms with van der Waals surface area (Å²) < 4.78 is 15.8. The second-order valence-corrected chi connectivity index (χ2v) is 5.69. The molecule has 148 valence electrons. The van der Waals surface area contributed by atoms with Crippen LogP contribution in [0.15, 0.2) is 60.7 Å². The Morgan fingerprint density at radius 2 is 1.36 bits per heavy atom. The number of rotatable bonds is 8. The Morgan fingerprint density at radius 3 is 1.82 bits per heavy atom. The van der Waals surface area contributed by atoms with Gasteiger partial charge in [0, 0.05) is 6.61 Å². The SMILES string of the molecule is CCOC(=O)NC(=O)COC(=O)C(OCC)(c1ccccc1)c1ccccc1. The van der Waals surface area contributed by atoms with Gasteiger partial charge in [-0.1, -0.05) is 60.7 Å². The van der Waals surface area contributed by atoms with E-state index in [9.17, 15) is 14.4 Å². The lowest BCUT2D eigenvalue weighted by molar-refractivity contribution is -0.170. The third kappa shape index (κ3) is 4.95. The van der Waals surface area contributed by atoms with Crippen LogP contribution in [0.25, 0.3) is 0 Å². The lowest BCUT2D eigenvalue weighted by atomic mass is 9.86. The first-order valence-corrected chi connectivity index (χ1v) is 8.93. The van der Waals surface area contributed by atoms with E-state index in [1.54, 1.807) is 62.4 Å². The molecule has 2 aromatic carbocycles. The number of hydrogen-bond donors (Lipinski definition) is 1. The quantitative estimate of drug-likeness (QED) is 0.703. The Bertz CT molecular complexity index is 752. The van der Waals surface area contributed by atoms with Crippen LogP contribution in [0.4, 0.5) is 4.79 Å². The monoisotopic (exact) mass is 385 g/mol. The summed E-state index contributed by atoms with van der Waals surface area (Å²) in [5.74, 6) is -1.55. The fourth-order valence-electron chi connectivity index (χ4n) is 2.74. The fraction of sp³-hybridized carbons (Fsp3) is 0.286. The number of amides is 2. The Balaban J connectivity index is 2.30. The predicted molar refractivity (Wildman–Crippen MR) is 101 cm³/mol. The van der Waals surface area contributed by atoms with E-state index in [0.717, 1.165) is 0 Å². The second kappa shape index (κ2) is 10.2. The van der Waals surface area contributed by atoms with Crippen LogP contribution < -0.4 is 5.32 Å². The highest BCUT2D eigenvalue weighted by Crippen LogP contribution is 2.35. The molecule has 0 radical (unpaired) electrons. The number of carbonyl (C=O) groups is 3. The highest BCUT2D eigenvalue weighted by molar-refractivity contribution is 5.94. The predicted octanol–water partition coefficient (Wildman–Crippen LogP) is 2.78. The lowest BCUT2D eigenvalue weighted by Crippen LogP contribution is -2.43. The summed E-state index contributed by atoms with van der Waals surface area (Å²) >= 11 is 0. The smallest absolute Gasteiger partial charge is 0.413 e. The molecule has 0 atom stereocenters. The van der Waals surface area contributed by atoms with Crippen LogP contribution in [0, 0.1) is 0 Å². The molecule has 0 unspecified atom stereocenters. The second-order valence-electron chi connectivity index (χ2n) is 5.69. The van der Waals surface area contributed by atoms with Gasteiger partial charge >= 0.3 is 12.1 Å². The number of carbonyl (C=O) groups excluding carboxylic acids is 3. The summed E-state index contributed by atoms with van der Waals surface area (Å²) in [6, 6.07) is 17.8. The number of benzene rings is 2. The van der Waals surface area contributed by atoms with E-state index in [2.05, 4.69) is 4.74 Å². The van der Waals surface area contributed by atoms with Gasteiger partial charge < -0.3 is 14.2 Å². The van der Waals surface area contributed by atoms with Crippen molar-refractivity contribution in [2.75, 3.05) is 19.8 Å². The molecule has 0 aliphatic rings. The van der Waals surface area contributed by atoms with E-state index < -0.39 is 30.2 Å². The van der Waals surface area contributed by atoms with Crippen molar-refractivity contribution in [1.82, 2.24) is 5.32 Å². The van der Waals surface area contributed by atoms with E-state index in [0.29, 0.717) is 11.1 Å². The molecule has 2 rings (SSSR count). The Kier molecular flexibility index (Phi) is 7.71. The van der Waals surface area contributed by atoms with Crippen LogP contribution >= 0.6 is 0 Å². The van der Waals surface area contributed by atoms with Crippen LogP contribution in [-0.2, 0) is 29.4 Å². The number of ether oxygens (including phenoxy) is 3. The highest BCUT2D eigenvalue weighted by atomic mass is 16.6. The third-order valence-corrected chi connectivity index (χ3v) is 3.86. The standard InChI is InChI=1S/C21H23NO6/c1-3-26-20(25)22-18(23)15-27-19(24)21(28-4-2,16-11-7-5-8-12-16)17-13-9-6-10-14-17/h5-14H,3-4,15H2,1-2H3,(H,22,23,25). The molecule has 0 spiro atoms. The molecule has 0 saturated heterocycles. The first-order valence-electron chi connectivity index (χ1n) is 8.93. The average molecular weight is 385 g/mol. The van der Waals surface area contributed by atoms with Crippen LogP contribution in [0.5, 0.6) is 0 Å². The van der Waals surface area contributed by atoms with Gasteiger partial charge in [0.1, 0.15) is 0 Å². The zero-order valence-corrected chi connectivity index (χ0v) is 15.8. The first-order chi connectivity index (χ1) is 13.5. The number of hydrogen-bond acceptors (Lipinski definition) is 6. The van der Waals surface area contributed by atoms with Crippen molar-refractivity contribution < 1.29 is 28.6 Å². The van der Waals surface area contributed by atoms with Crippen LogP contribution in [0.1, 0.15) is 25.0 Å². The van der Waals surface area contributed by atoms with E-state index in [1.807, 2.05) is 17.4 Å². The van der Waals surface area contributed by atoms with Crippen LogP contribution in [-0.4, -0.2) is 37.8 Å². The number of esters is 1. The minimum atomic E-state index is -1.54. The summed E-state index contributed by atoms with van der Waals surface area (Å²) in [7, 11) is 0. The zero-order valence-electron chi connectivity index (χ0n) is 15.8. The lowest BCUT2D eigenvalue weighted by Gasteiger charge is -2.32. The molecule has 0 fully saturated rings. The van der Waals surface area contributed by atoms with Gasteiger partial charge in [0.2, 0.25) is 5.60 Å². The Morgan fingerprint density at radius 1 is 0.821 bits per heavy atom. The van der Waals surface area contributed by atoms with Gasteiger partial charge in [0.05, 0.1) is 6.61 Å². The van der Waals surface area contributed by atoms with Gasteiger partial charge in [0.15, 0.2) is 6.61 Å². The van der Waals surface area contributed by atoms with E-state index in [-0.39, 0.29) is 13.2 Å². The van der Waals surface area contributed by atoms with Gasteiger partial charge in [-0.3, -0.25) is 10.1 Å². The van der Waals surface area contributed by atoms with Gasteiger partial charge in [-0.2, -0.15) is 0 Å². The van der Waals surface area contributed by atoms with Gasteiger partial charge in [-0.25, -0.2) is 9.59 Å². The highest BCUT2D eigenvalue weighted by Gasteiger charge is 2.45. The maximum atomic E-state index is 13.1. The molecule has 0 aliphatic heterocycles. The Labute approximate surface area is 163 Å². The number of nitrogens with one attached hydrogen (secondary N) is 1. The molecule has 7 heteroatoms. The van der Waals surface area contributed by atoms with Gasteiger partial charge in [-0.15, -0.1) is 0 Å². The van der Waals surface area contributed by atoms with Gasteiger partial charge in [0.25, 0.3) is 5.91 Å². The molecule has 0 saturated carbocycles. The molecule has 0 aromatic heterocycles. The molecule has 28 heavy (non-hydrogen) atoms. The summed E-state index contributed by atoms with van der Waals surface area (Å²) in [6.07, 6.45) is -0.897. The maximum absolute atomic E-state index is 13.1. The molecular formula is C21H23NO6. The summed E-state index contributed by atoms with van der Waals surface area (Å²) in [4.78, 5) is 36.3. The Hall–Kier alpha value is -3.19. The largest absolute Gasteiger partial charge is 0.453 e. The third-order valence-electron chi connectivity index (χ3n) is 3.86. The van der Waals surface area contributed by atoms with Crippen molar-refractivity contribution in [3.63, 3.8) is 0 Å². The van der Waals surface area contributed by atoms with Gasteiger partial charge in [-0.05, 0) is 25.0 Å². The van der Waals surface area contributed by atoms with Crippen LogP contribution in [0.2, 0.25) is 0 Å². The zero-order chi connectivity index (χ0) is 20.4. The summed E-state index contributed by atoms with van der Waals surface area (Å²) in [5, 5.41) is 1.98. The average Bonchev–Trinajstić information content (AvgIpc) is 2.71. The van der Waals surface area contributed by atoms with Crippen molar-refractivity contribution in [3.05, 3.63) is 71.8 Å². The number of imide groups is 1. The topological polar surface area (TPSA) is 90.9 Å². The van der Waals surface area contributed by atoms with E-state index >= 15 is 0 Å². The number of alkyl carbamates (subject to hydrolysis) is 1. The van der Waals surface area contributed by atoms with E-state index in [1.165, 1.54) is 0 Å². The van der Waals surface area contributed by atoms with Crippen molar-refractivity contribution in [1.29, 1.82) is 0 Å². The molecule has 2 amide bonds. The normalized spacial score (nSPS) is 10.8. The maximum Gasteiger partial charge on any atom is 0.413 e. The summed E-state index contributed by atoms with van der Waals surface area (Å²) in [5.41, 5.74) is -0.403. The van der Waals surface area contributed by atoms with Crippen molar-refractivity contribution in [3.8, 4) is 0 Å². The fourth-order valence-corrected chi connectivity index (χ4v) is 2.74. The molecular weight excluding hydrogens is 362 g/mol. The summed E-state index contributed by atoms with van der Waals surface area (Å²) in [6.45, 7) is 3.08. The molecule has 1 N–H and O–H groups in total. The molecule has 2 aromatic rings. The van der Waals surface area contributed by atoms with Crippen molar-refractivity contribution in [2.24, 2.45) is 0 Å². The van der Waals surface area contributed by atoms with Crippen molar-refractivity contribution in [2.45, 2.75) is 19.4 Å². The van der Waals surface area contributed by atoms with Crippen LogP contribution in [0.3, 0.4) is 0 Å². The molecule has 7 nitrogen and oxygen atoms in total. The van der Waals surface area contributed by atoms with E-state index in [4.69, 9.17) is 9.47 Å².